The quantitative estimate of drug-likeness (QED) is 0.718. The number of carbonyl (C=O) groups is 1. The van der Waals surface area contributed by atoms with Crippen molar-refractivity contribution in [3.05, 3.63) is 42.2 Å². The number of fused-ring (bicyclic) bond motifs is 1. The minimum Gasteiger partial charge on any atom is -0.457 e. The first-order valence-corrected chi connectivity index (χ1v) is 8.64. The van der Waals surface area contributed by atoms with Crippen molar-refractivity contribution in [1.29, 1.82) is 0 Å². The van der Waals surface area contributed by atoms with E-state index < -0.39 is 6.04 Å². The molecule has 0 radical (unpaired) electrons. The van der Waals surface area contributed by atoms with Crippen molar-refractivity contribution in [1.82, 2.24) is 10.3 Å². The van der Waals surface area contributed by atoms with Crippen LogP contribution < -0.4 is 11.1 Å². The average Bonchev–Trinajstić information content (AvgIpc) is 3.17. The molecular formula is C18H22ClN3O2S. The highest BCUT2D eigenvalue weighted by molar-refractivity contribution is 7.21. The summed E-state index contributed by atoms with van der Waals surface area (Å²) in [5, 5.41) is 3.66. The minimum atomic E-state index is -0.559. The monoisotopic (exact) mass is 379 g/mol. The molecular weight excluding hydrogens is 358 g/mol. The third-order valence-corrected chi connectivity index (χ3v) is 4.87. The molecule has 0 aliphatic rings. The zero-order chi connectivity index (χ0) is 17.3. The van der Waals surface area contributed by atoms with Gasteiger partial charge in [0.05, 0.1) is 22.8 Å². The number of thiazole rings is 1. The maximum absolute atomic E-state index is 12.1. The molecule has 2 heterocycles. The Bertz CT molecular complexity index is 833. The highest BCUT2D eigenvalue weighted by atomic mass is 35.5. The fraction of sp³-hybridized carbons (Fsp3) is 0.333. The van der Waals surface area contributed by atoms with Gasteiger partial charge >= 0.3 is 0 Å². The van der Waals surface area contributed by atoms with Crippen molar-refractivity contribution in [2.24, 2.45) is 11.1 Å². The van der Waals surface area contributed by atoms with Crippen LogP contribution in [0.3, 0.4) is 0 Å². The summed E-state index contributed by atoms with van der Waals surface area (Å²) in [6.07, 6.45) is 0. The molecule has 1 amide bonds. The molecule has 7 heteroatoms. The SMILES string of the molecule is CC(C)(C)[C@H](N)C(=O)NCc1ccc(-c2nc3ccccc3s2)o1.Cl. The summed E-state index contributed by atoms with van der Waals surface area (Å²) in [4.78, 5) is 16.6. The lowest BCUT2D eigenvalue weighted by Crippen LogP contribution is -2.48. The molecule has 2 aromatic heterocycles. The van der Waals surface area contributed by atoms with Crippen molar-refractivity contribution < 1.29 is 9.21 Å². The van der Waals surface area contributed by atoms with Crippen molar-refractivity contribution >= 4 is 39.9 Å². The van der Waals surface area contributed by atoms with Crippen LogP contribution in [0.4, 0.5) is 0 Å². The van der Waals surface area contributed by atoms with Crippen LogP contribution in [0.15, 0.2) is 40.8 Å². The fourth-order valence-corrected chi connectivity index (χ4v) is 3.17. The smallest absolute Gasteiger partial charge is 0.237 e. The molecule has 25 heavy (non-hydrogen) atoms. The Morgan fingerprint density at radius 2 is 2.00 bits per heavy atom. The lowest BCUT2D eigenvalue weighted by molar-refractivity contribution is -0.124. The molecule has 134 valence electrons. The van der Waals surface area contributed by atoms with E-state index in [0.717, 1.165) is 15.2 Å². The minimum absolute atomic E-state index is 0. The maximum atomic E-state index is 12.1. The van der Waals surface area contributed by atoms with Gasteiger partial charge in [0.15, 0.2) is 10.8 Å². The zero-order valence-electron chi connectivity index (χ0n) is 14.4. The fourth-order valence-electron chi connectivity index (χ4n) is 2.24. The third kappa shape index (κ3) is 4.39. The highest BCUT2D eigenvalue weighted by Crippen LogP contribution is 2.31. The van der Waals surface area contributed by atoms with E-state index in [0.29, 0.717) is 18.1 Å². The summed E-state index contributed by atoms with van der Waals surface area (Å²) in [6, 6.07) is 11.1. The molecule has 1 atom stereocenters. The van der Waals surface area contributed by atoms with Crippen molar-refractivity contribution in [3.63, 3.8) is 0 Å². The molecule has 0 fully saturated rings. The van der Waals surface area contributed by atoms with Crippen molar-refractivity contribution in [2.45, 2.75) is 33.4 Å². The molecule has 0 aliphatic heterocycles. The zero-order valence-corrected chi connectivity index (χ0v) is 16.0. The number of nitrogens with zero attached hydrogens (tertiary/aromatic N) is 1. The van der Waals surface area contributed by atoms with Gasteiger partial charge in [-0.3, -0.25) is 4.79 Å². The van der Waals surface area contributed by atoms with E-state index in [2.05, 4.69) is 10.3 Å². The summed E-state index contributed by atoms with van der Waals surface area (Å²) in [5.74, 6) is 1.21. The van der Waals surface area contributed by atoms with Gasteiger partial charge in [0, 0.05) is 0 Å². The van der Waals surface area contributed by atoms with Gasteiger partial charge in [0.25, 0.3) is 0 Å². The number of benzene rings is 1. The summed E-state index contributed by atoms with van der Waals surface area (Å²) in [6.45, 7) is 6.13. The topological polar surface area (TPSA) is 81.2 Å². The Labute approximate surface area is 157 Å². The first-order valence-electron chi connectivity index (χ1n) is 7.82. The molecule has 3 N–H and O–H groups in total. The average molecular weight is 380 g/mol. The molecule has 1 aromatic carbocycles. The van der Waals surface area contributed by atoms with Crippen LogP contribution in [0, 0.1) is 5.41 Å². The number of hydrogen-bond donors (Lipinski definition) is 2. The van der Waals surface area contributed by atoms with Gasteiger partial charge in [-0.25, -0.2) is 4.98 Å². The Balaban J connectivity index is 0.00000225. The number of aromatic nitrogens is 1. The second-order valence-corrected chi connectivity index (χ2v) is 7.84. The van der Waals surface area contributed by atoms with E-state index in [1.54, 1.807) is 11.3 Å². The first-order chi connectivity index (χ1) is 11.3. The highest BCUT2D eigenvalue weighted by Gasteiger charge is 2.27. The van der Waals surface area contributed by atoms with E-state index >= 15 is 0 Å². The number of para-hydroxylation sites is 1. The molecule has 0 saturated heterocycles. The number of nitrogens with two attached hydrogens (primary N) is 1. The molecule has 0 unspecified atom stereocenters. The van der Waals surface area contributed by atoms with E-state index in [1.165, 1.54) is 0 Å². The molecule has 3 aromatic rings. The molecule has 0 saturated carbocycles. The van der Waals surface area contributed by atoms with Gasteiger partial charge in [-0.05, 0) is 29.7 Å². The Hall–Kier alpha value is -1.89. The van der Waals surface area contributed by atoms with Crippen LogP contribution in [-0.4, -0.2) is 16.9 Å². The Morgan fingerprint density at radius 1 is 1.28 bits per heavy atom. The molecule has 3 rings (SSSR count). The first kappa shape index (κ1) is 19.4. The van der Waals surface area contributed by atoms with Gasteiger partial charge in [-0.1, -0.05) is 32.9 Å². The number of nitrogens with one attached hydrogen (secondary N) is 1. The van der Waals surface area contributed by atoms with E-state index in [-0.39, 0.29) is 23.7 Å². The summed E-state index contributed by atoms with van der Waals surface area (Å²) < 4.78 is 6.93. The van der Waals surface area contributed by atoms with Gasteiger partial charge in [0.1, 0.15) is 5.76 Å². The van der Waals surface area contributed by atoms with E-state index in [1.807, 2.05) is 57.2 Å². The molecule has 0 bridgehead atoms. The molecule has 5 nitrogen and oxygen atoms in total. The van der Waals surface area contributed by atoms with Crippen molar-refractivity contribution in [3.8, 4) is 10.8 Å². The van der Waals surface area contributed by atoms with Crippen LogP contribution in [0.25, 0.3) is 21.0 Å². The number of amides is 1. The van der Waals surface area contributed by atoms with Crippen molar-refractivity contribution in [2.75, 3.05) is 0 Å². The summed E-state index contributed by atoms with van der Waals surface area (Å²) in [7, 11) is 0. The largest absolute Gasteiger partial charge is 0.457 e. The number of hydrogen-bond acceptors (Lipinski definition) is 5. The van der Waals surface area contributed by atoms with E-state index in [9.17, 15) is 4.79 Å². The standard InChI is InChI=1S/C18H21N3O2S.ClH/c1-18(2,3)15(19)16(22)20-10-11-8-9-13(23-11)17-21-12-6-4-5-7-14(12)24-17;/h4-9,15H,10,19H2,1-3H3,(H,20,22);1H/t15-;/m1./s1. The predicted molar refractivity (Wildman–Crippen MR) is 104 cm³/mol. The second kappa shape index (κ2) is 7.56. The normalized spacial score (nSPS) is 12.6. The van der Waals surface area contributed by atoms with Gasteiger partial charge in [0.2, 0.25) is 5.91 Å². The van der Waals surface area contributed by atoms with Crippen LogP contribution >= 0.6 is 23.7 Å². The lowest BCUT2D eigenvalue weighted by Gasteiger charge is -2.25. The molecule has 0 spiro atoms. The Kier molecular flexibility index (Phi) is 5.87. The van der Waals surface area contributed by atoms with Crippen LogP contribution in [0.1, 0.15) is 26.5 Å². The van der Waals surface area contributed by atoms with Crippen LogP contribution in [0.2, 0.25) is 0 Å². The Morgan fingerprint density at radius 3 is 2.68 bits per heavy atom. The second-order valence-electron chi connectivity index (χ2n) is 6.81. The van der Waals surface area contributed by atoms with Gasteiger partial charge in [-0.15, -0.1) is 23.7 Å². The van der Waals surface area contributed by atoms with Gasteiger partial charge < -0.3 is 15.5 Å². The number of carbonyl (C=O) groups excluding carboxylic acids is 1. The van der Waals surface area contributed by atoms with E-state index in [4.69, 9.17) is 10.2 Å². The maximum Gasteiger partial charge on any atom is 0.237 e. The number of halogens is 1. The number of rotatable bonds is 4. The lowest BCUT2D eigenvalue weighted by atomic mass is 9.87. The third-order valence-electron chi connectivity index (χ3n) is 3.82. The van der Waals surface area contributed by atoms with Gasteiger partial charge in [-0.2, -0.15) is 0 Å². The molecule has 0 aliphatic carbocycles. The summed E-state index contributed by atoms with van der Waals surface area (Å²) >= 11 is 1.58. The number of furan rings is 1. The van der Waals surface area contributed by atoms with Crippen LogP contribution in [0.5, 0.6) is 0 Å². The summed E-state index contributed by atoms with van der Waals surface area (Å²) in [5.41, 5.74) is 6.63. The predicted octanol–water partition coefficient (Wildman–Crippen LogP) is 3.97. The van der Waals surface area contributed by atoms with Crippen LogP contribution in [-0.2, 0) is 11.3 Å².